The van der Waals surface area contributed by atoms with Gasteiger partial charge in [-0.25, -0.2) is 0 Å². The lowest BCUT2D eigenvalue weighted by Gasteiger charge is -2.42. The van der Waals surface area contributed by atoms with Crippen molar-refractivity contribution in [2.75, 3.05) is 0 Å². The molecule has 2 heterocycles. The molecule has 21 heavy (non-hydrogen) atoms. The van der Waals surface area contributed by atoms with Crippen molar-refractivity contribution in [1.29, 1.82) is 0 Å². The van der Waals surface area contributed by atoms with E-state index in [-0.39, 0.29) is 12.2 Å². The van der Waals surface area contributed by atoms with Gasteiger partial charge in [-0.3, -0.25) is 10.1 Å². The van der Waals surface area contributed by atoms with Crippen LogP contribution in [0, 0.1) is 18.8 Å². The number of carbonyl (C=O) groups excluding carboxylic acids is 1. The third-order valence-corrected chi connectivity index (χ3v) is 6.18. The summed E-state index contributed by atoms with van der Waals surface area (Å²) in [5, 5.41) is 3.62. The first-order valence-corrected chi connectivity index (χ1v) is 8.97. The Kier molecular flexibility index (Phi) is 4.10. The summed E-state index contributed by atoms with van der Waals surface area (Å²) in [6.07, 6.45) is 3.44. The highest BCUT2D eigenvalue weighted by molar-refractivity contribution is 7.12. The molecule has 0 aromatic carbocycles. The van der Waals surface area contributed by atoms with E-state index in [2.05, 4.69) is 50.0 Å². The first kappa shape index (κ1) is 15.0. The van der Waals surface area contributed by atoms with Crippen molar-refractivity contribution < 1.29 is 4.79 Å². The summed E-state index contributed by atoms with van der Waals surface area (Å²) in [7, 11) is 0. The van der Waals surface area contributed by atoms with Gasteiger partial charge in [0.1, 0.15) is 6.17 Å². The van der Waals surface area contributed by atoms with Gasteiger partial charge in [-0.15, -0.1) is 11.3 Å². The van der Waals surface area contributed by atoms with Crippen LogP contribution >= 0.6 is 11.3 Å². The largest absolute Gasteiger partial charge is 0.318 e. The van der Waals surface area contributed by atoms with E-state index >= 15 is 0 Å². The van der Waals surface area contributed by atoms with Gasteiger partial charge in [0.2, 0.25) is 5.91 Å². The topological polar surface area (TPSA) is 32.3 Å². The highest BCUT2D eigenvalue weighted by Crippen LogP contribution is 2.41. The molecule has 1 saturated carbocycles. The molecule has 1 saturated heterocycles. The van der Waals surface area contributed by atoms with Crippen molar-refractivity contribution in [3.63, 3.8) is 0 Å². The molecular weight excluding hydrogens is 280 g/mol. The van der Waals surface area contributed by atoms with Crippen molar-refractivity contribution in [3.05, 3.63) is 21.9 Å². The molecule has 0 spiro atoms. The molecule has 3 unspecified atom stereocenters. The van der Waals surface area contributed by atoms with Gasteiger partial charge in [-0.05, 0) is 43.7 Å². The molecule has 3 nitrogen and oxygen atoms in total. The zero-order chi connectivity index (χ0) is 15.1. The summed E-state index contributed by atoms with van der Waals surface area (Å²) in [6, 6.07) is 4.75. The number of carbonyl (C=O) groups is 1. The van der Waals surface area contributed by atoms with Crippen LogP contribution in [0.3, 0.4) is 0 Å². The minimum absolute atomic E-state index is 0.0155. The molecule has 0 radical (unpaired) electrons. The van der Waals surface area contributed by atoms with Gasteiger partial charge < -0.3 is 4.90 Å². The molecule has 116 valence electrons. The van der Waals surface area contributed by atoms with E-state index in [4.69, 9.17) is 0 Å². The Bertz CT molecular complexity index is 521. The maximum Gasteiger partial charge on any atom is 0.241 e. The molecule has 1 N–H and O–H groups in total. The van der Waals surface area contributed by atoms with E-state index in [9.17, 15) is 4.79 Å². The van der Waals surface area contributed by atoms with Crippen molar-refractivity contribution in [2.24, 2.45) is 11.8 Å². The predicted molar refractivity (Wildman–Crippen MR) is 87.2 cm³/mol. The van der Waals surface area contributed by atoms with E-state index in [1.807, 2.05) is 11.3 Å². The van der Waals surface area contributed by atoms with E-state index in [1.54, 1.807) is 0 Å². The Morgan fingerprint density at radius 3 is 2.67 bits per heavy atom. The molecule has 2 aliphatic rings. The second-order valence-electron chi connectivity index (χ2n) is 6.86. The fraction of sp³-hybridized carbons (Fsp3) is 0.706. The van der Waals surface area contributed by atoms with Crippen molar-refractivity contribution >= 4 is 17.2 Å². The Morgan fingerprint density at radius 2 is 2.14 bits per heavy atom. The molecule has 1 aliphatic carbocycles. The van der Waals surface area contributed by atoms with Crippen molar-refractivity contribution in [1.82, 2.24) is 10.2 Å². The minimum atomic E-state index is -0.0155. The van der Waals surface area contributed by atoms with Gasteiger partial charge in [0.15, 0.2) is 0 Å². The monoisotopic (exact) mass is 306 g/mol. The zero-order valence-corrected chi connectivity index (χ0v) is 14.2. The fourth-order valence-electron chi connectivity index (χ4n) is 3.55. The number of hydrogen-bond acceptors (Lipinski definition) is 3. The Balaban J connectivity index is 1.86. The van der Waals surface area contributed by atoms with Crippen LogP contribution in [0.25, 0.3) is 0 Å². The van der Waals surface area contributed by atoms with E-state index in [0.717, 1.165) is 25.2 Å². The van der Waals surface area contributed by atoms with E-state index in [0.29, 0.717) is 17.9 Å². The summed E-state index contributed by atoms with van der Waals surface area (Å²) in [6.45, 7) is 8.75. The van der Waals surface area contributed by atoms with Crippen LogP contribution in [0.2, 0.25) is 0 Å². The average molecular weight is 306 g/mol. The van der Waals surface area contributed by atoms with Crippen LogP contribution in [-0.4, -0.2) is 22.9 Å². The number of nitrogens with one attached hydrogen (secondary N) is 1. The molecule has 0 bridgehead atoms. The average Bonchev–Trinajstić information content (AvgIpc) is 2.98. The molecule has 1 aliphatic heterocycles. The molecule has 4 heteroatoms. The quantitative estimate of drug-likeness (QED) is 0.920. The smallest absolute Gasteiger partial charge is 0.241 e. The lowest BCUT2D eigenvalue weighted by atomic mass is 9.80. The Morgan fingerprint density at radius 1 is 1.43 bits per heavy atom. The minimum Gasteiger partial charge on any atom is -0.318 e. The van der Waals surface area contributed by atoms with Crippen molar-refractivity contribution in [3.8, 4) is 0 Å². The maximum absolute atomic E-state index is 12.9. The molecule has 3 atom stereocenters. The summed E-state index contributed by atoms with van der Waals surface area (Å²) < 4.78 is 0. The van der Waals surface area contributed by atoms with E-state index in [1.165, 1.54) is 9.75 Å². The van der Waals surface area contributed by atoms with E-state index < -0.39 is 0 Å². The third kappa shape index (κ3) is 2.64. The number of aryl methyl sites for hydroxylation is 1. The van der Waals surface area contributed by atoms with Gasteiger partial charge >= 0.3 is 0 Å². The summed E-state index contributed by atoms with van der Waals surface area (Å²) >= 11 is 1.81. The second-order valence-corrected chi connectivity index (χ2v) is 8.18. The molecular formula is C17H26N2OS. The van der Waals surface area contributed by atoms with Gasteiger partial charge in [0.05, 0.1) is 6.04 Å². The standard InChI is InChI=1S/C17H26N2OS/c1-5-11(3)15-17(20)19(13-8-10(2)9-13)16(18-15)14-7-6-12(4)21-14/h6-7,10-11,13,15-16,18H,5,8-9H2,1-4H3. The molecule has 1 aromatic heterocycles. The molecule has 3 rings (SSSR count). The number of thiophene rings is 1. The van der Waals surface area contributed by atoms with Crippen LogP contribution in [0.4, 0.5) is 0 Å². The number of amides is 1. The van der Waals surface area contributed by atoms with Gasteiger partial charge in [0, 0.05) is 15.8 Å². The fourth-order valence-corrected chi connectivity index (χ4v) is 4.49. The van der Waals surface area contributed by atoms with Crippen molar-refractivity contribution in [2.45, 2.75) is 65.2 Å². The molecule has 1 amide bonds. The van der Waals surface area contributed by atoms with Crippen LogP contribution < -0.4 is 5.32 Å². The predicted octanol–water partition coefficient (Wildman–Crippen LogP) is 3.70. The number of nitrogens with zero attached hydrogens (tertiary/aromatic N) is 1. The summed E-state index contributed by atoms with van der Waals surface area (Å²) in [4.78, 5) is 17.7. The van der Waals surface area contributed by atoms with Gasteiger partial charge in [0.25, 0.3) is 0 Å². The first-order chi connectivity index (χ1) is 10.0. The second kappa shape index (κ2) is 5.73. The lowest BCUT2D eigenvalue weighted by Crippen LogP contribution is -2.47. The highest BCUT2D eigenvalue weighted by Gasteiger charge is 2.47. The zero-order valence-electron chi connectivity index (χ0n) is 13.4. The number of rotatable bonds is 4. The first-order valence-electron chi connectivity index (χ1n) is 8.15. The Labute approximate surface area is 131 Å². The third-order valence-electron chi connectivity index (χ3n) is 5.12. The highest BCUT2D eigenvalue weighted by atomic mass is 32.1. The summed E-state index contributed by atoms with van der Waals surface area (Å²) in [5.41, 5.74) is 0. The van der Waals surface area contributed by atoms with Crippen LogP contribution in [0.5, 0.6) is 0 Å². The lowest BCUT2D eigenvalue weighted by molar-refractivity contribution is -0.135. The summed E-state index contributed by atoms with van der Waals surface area (Å²) in [5.74, 6) is 1.47. The van der Waals surface area contributed by atoms with Crippen LogP contribution in [0.15, 0.2) is 12.1 Å². The van der Waals surface area contributed by atoms with Crippen LogP contribution in [-0.2, 0) is 4.79 Å². The van der Waals surface area contributed by atoms with Gasteiger partial charge in [-0.1, -0.05) is 27.2 Å². The SMILES string of the molecule is CCC(C)C1NC(c2ccc(C)s2)N(C2CC(C)C2)C1=O. The Hall–Kier alpha value is -0.870. The van der Waals surface area contributed by atoms with Crippen LogP contribution in [0.1, 0.15) is 56.0 Å². The number of hydrogen-bond donors (Lipinski definition) is 1. The molecule has 2 fully saturated rings. The van der Waals surface area contributed by atoms with Gasteiger partial charge in [-0.2, -0.15) is 0 Å². The molecule has 1 aromatic rings. The normalized spacial score (nSPS) is 34.1. The maximum atomic E-state index is 12.9.